The minimum absolute atomic E-state index is 0.122. The topological polar surface area (TPSA) is 65.0 Å². The van der Waals surface area contributed by atoms with Crippen molar-refractivity contribution < 1.29 is 9.53 Å². The first-order valence-electron chi connectivity index (χ1n) is 6.75. The molecule has 108 valence electrons. The molecule has 0 aliphatic rings. The van der Waals surface area contributed by atoms with Crippen LogP contribution in [0.3, 0.4) is 0 Å². The molecule has 2 heterocycles. The monoisotopic (exact) mass is 291 g/mol. The number of aryl methyl sites for hydroxylation is 1. The Balaban J connectivity index is 1.79. The van der Waals surface area contributed by atoms with Gasteiger partial charge in [-0.3, -0.25) is 14.8 Å². The van der Waals surface area contributed by atoms with Gasteiger partial charge in [0.2, 0.25) is 11.7 Å². The smallest absolute Gasteiger partial charge is 0.240 e. The Morgan fingerprint density at radius 1 is 0.909 bits per heavy atom. The number of aromatic nitrogens is 3. The molecule has 5 heteroatoms. The number of hydrogen-bond donors (Lipinski definition) is 0. The zero-order valence-corrected chi connectivity index (χ0v) is 11.9. The molecule has 22 heavy (non-hydrogen) atoms. The van der Waals surface area contributed by atoms with Gasteiger partial charge in [0.15, 0.2) is 0 Å². The van der Waals surface area contributed by atoms with Crippen LogP contribution in [0.2, 0.25) is 0 Å². The number of rotatable bonds is 4. The van der Waals surface area contributed by atoms with Crippen molar-refractivity contribution in [1.29, 1.82) is 0 Å². The van der Waals surface area contributed by atoms with E-state index in [0.717, 1.165) is 0 Å². The van der Waals surface area contributed by atoms with E-state index >= 15 is 0 Å². The third kappa shape index (κ3) is 2.98. The van der Waals surface area contributed by atoms with Crippen molar-refractivity contribution in [3.8, 4) is 11.6 Å². The number of nitrogens with zero attached hydrogens (tertiary/aromatic N) is 3. The molecule has 0 saturated carbocycles. The summed E-state index contributed by atoms with van der Waals surface area (Å²) in [5.41, 5.74) is 1.68. The maximum Gasteiger partial charge on any atom is 0.240 e. The minimum Gasteiger partial charge on any atom is -0.437 e. The predicted octanol–water partition coefficient (Wildman–Crippen LogP) is 3.20. The lowest BCUT2D eigenvalue weighted by Gasteiger charge is -2.07. The molecule has 2 aromatic heterocycles. The van der Waals surface area contributed by atoms with Gasteiger partial charge in [-0.05, 0) is 43.3 Å². The summed E-state index contributed by atoms with van der Waals surface area (Å²) in [6.07, 6.45) is 4.78. The van der Waals surface area contributed by atoms with Crippen LogP contribution in [0.15, 0.2) is 61.1 Å². The van der Waals surface area contributed by atoms with Gasteiger partial charge in [0, 0.05) is 24.2 Å². The van der Waals surface area contributed by atoms with Gasteiger partial charge in [-0.25, -0.2) is 4.98 Å². The van der Waals surface area contributed by atoms with E-state index in [4.69, 9.17) is 4.74 Å². The van der Waals surface area contributed by atoms with Gasteiger partial charge in [0.05, 0.1) is 5.69 Å². The SMILES string of the molecule is Cc1nccnc1Oc1ccc(C(=O)c2ccccn2)cc1. The highest BCUT2D eigenvalue weighted by Crippen LogP contribution is 2.22. The van der Waals surface area contributed by atoms with E-state index in [9.17, 15) is 4.79 Å². The quantitative estimate of drug-likeness (QED) is 0.691. The molecule has 0 aliphatic heterocycles. The summed E-state index contributed by atoms with van der Waals surface area (Å²) < 4.78 is 5.65. The second-order valence-corrected chi connectivity index (χ2v) is 4.62. The van der Waals surface area contributed by atoms with Crippen molar-refractivity contribution in [1.82, 2.24) is 15.0 Å². The van der Waals surface area contributed by atoms with E-state index < -0.39 is 0 Å². The first kappa shape index (κ1) is 13.9. The number of ketones is 1. The van der Waals surface area contributed by atoms with Crippen LogP contribution in [0, 0.1) is 6.92 Å². The van der Waals surface area contributed by atoms with Gasteiger partial charge in [-0.2, -0.15) is 0 Å². The van der Waals surface area contributed by atoms with Gasteiger partial charge in [-0.1, -0.05) is 6.07 Å². The van der Waals surface area contributed by atoms with Crippen LogP contribution in [0.1, 0.15) is 21.7 Å². The molecular formula is C17H13N3O2. The fraction of sp³-hybridized carbons (Fsp3) is 0.0588. The Kier molecular flexibility index (Phi) is 3.87. The van der Waals surface area contributed by atoms with E-state index in [0.29, 0.717) is 28.6 Å². The van der Waals surface area contributed by atoms with Crippen LogP contribution < -0.4 is 4.74 Å². The molecule has 5 nitrogen and oxygen atoms in total. The fourth-order valence-electron chi connectivity index (χ4n) is 1.93. The van der Waals surface area contributed by atoms with Crippen molar-refractivity contribution in [2.75, 3.05) is 0 Å². The molecule has 0 N–H and O–H groups in total. The molecule has 3 aromatic rings. The van der Waals surface area contributed by atoms with E-state index in [1.54, 1.807) is 61.1 Å². The second-order valence-electron chi connectivity index (χ2n) is 4.62. The summed E-state index contributed by atoms with van der Waals surface area (Å²) in [6.45, 7) is 1.82. The summed E-state index contributed by atoms with van der Waals surface area (Å²) in [6, 6.07) is 12.1. The van der Waals surface area contributed by atoms with Crippen molar-refractivity contribution in [3.05, 3.63) is 78.0 Å². The standard InChI is InChI=1S/C17H13N3O2/c1-12-17(20-11-10-18-12)22-14-7-5-13(6-8-14)16(21)15-4-2-3-9-19-15/h2-11H,1H3. The Bertz CT molecular complexity index is 787. The van der Waals surface area contributed by atoms with Crippen LogP contribution in [0.5, 0.6) is 11.6 Å². The third-order valence-electron chi connectivity index (χ3n) is 3.06. The molecule has 0 radical (unpaired) electrons. The van der Waals surface area contributed by atoms with Crippen molar-refractivity contribution in [2.24, 2.45) is 0 Å². The predicted molar refractivity (Wildman–Crippen MR) is 81.0 cm³/mol. The third-order valence-corrected chi connectivity index (χ3v) is 3.06. The Hall–Kier alpha value is -3.08. The number of ether oxygens (including phenoxy) is 1. The fourth-order valence-corrected chi connectivity index (χ4v) is 1.93. The number of carbonyl (C=O) groups is 1. The zero-order chi connectivity index (χ0) is 15.4. The van der Waals surface area contributed by atoms with Gasteiger partial charge in [-0.15, -0.1) is 0 Å². The summed E-state index contributed by atoms with van der Waals surface area (Å²) in [7, 11) is 0. The summed E-state index contributed by atoms with van der Waals surface area (Å²) in [5.74, 6) is 0.926. The van der Waals surface area contributed by atoms with Crippen LogP contribution >= 0.6 is 0 Å². The second kappa shape index (κ2) is 6.13. The average molecular weight is 291 g/mol. The molecule has 0 amide bonds. The van der Waals surface area contributed by atoms with Gasteiger partial charge in [0.1, 0.15) is 11.4 Å². The molecule has 0 atom stereocenters. The lowest BCUT2D eigenvalue weighted by molar-refractivity contribution is 0.103. The largest absolute Gasteiger partial charge is 0.437 e. The molecule has 3 rings (SSSR count). The van der Waals surface area contributed by atoms with Crippen LogP contribution in [0.25, 0.3) is 0 Å². The molecule has 0 fully saturated rings. The molecule has 0 unspecified atom stereocenters. The molecule has 0 aliphatic carbocycles. The van der Waals surface area contributed by atoms with E-state index in [-0.39, 0.29) is 5.78 Å². The maximum absolute atomic E-state index is 12.2. The maximum atomic E-state index is 12.2. The van der Waals surface area contributed by atoms with Crippen molar-refractivity contribution in [3.63, 3.8) is 0 Å². The number of carbonyl (C=O) groups excluding carboxylic acids is 1. The Morgan fingerprint density at radius 2 is 1.68 bits per heavy atom. The first-order chi connectivity index (χ1) is 10.7. The van der Waals surface area contributed by atoms with Crippen molar-refractivity contribution in [2.45, 2.75) is 6.92 Å². The highest BCUT2D eigenvalue weighted by molar-refractivity contribution is 6.07. The van der Waals surface area contributed by atoms with E-state index in [1.807, 2.05) is 6.92 Å². The van der Waals surface area contributed by atoms with Gasteiger partial charge < -0.3 is 4.74 Å². The average Bonchev–Trinajstić information content (AvgIpc) is 2.58. The summed E-state index contributed by atoms with van der Waals surface area (Å²) in [4.78, 5) is 24.5. The van der Waals surface area contributed by atoms with Crippen molar-refractivity contribution >= 4 is 5.78 Å². The van der Waals surface area contributed by atoms with Gasteiger partial charge in [0.25, 0.3) is 0 Å². The molecular weight excluding hydrogens is 278 g/mol. The highest BCUT2D eigenvalue weighted by atomic mass is 16.5. The van der Waals surface area contributed by atoms with Crippen LogP contribution in [-0.4, -0.2) is 20.7 Å². The zero-order valence-electron chi connectivity index (χ0n) is 11.9. The normalized spacial score (nSPS) is 10.2. The number of pyridine rings is 1. The van der Waals surface area contributed by atoms with Gasteiger partial charge >= 0.3 is 0 Å². The molecule has 0 spiro atoms. The van der Waals surface area contributed by atoms with Crippen LogP contribution in [-0.2, 0) is 0 Å². The lowest BCUT2D eigenvalue weighted by atomic mass is 10.1. The number of hydrogen-bond acceptors (Lipinski definition) is 5. The lowest BCUT2D eigenvalue weighted by Crippen LogP contribution is -2.03. The summed E-state index contributed by atoms with van der Waals surface area (Å²) in [5, 5.41) is 0. The Morgan fingerprint density at radius 3 is 2.36 bits per heavy atom. The first-order valence-corrected chi connectivity index (χ1v) is 6.75. The minimum atomic E-state index is -0.122. The van der Waals surface area contributed by atoms with Crippen LogP contribution in [0.4, 0.5) is 0 Å². The van der Waals surface area contributed by atoms with E-state index in [1.165, 1.54) is 0 Å². The summed E-state index contributed by atoms with van der Waals surface area (Å²) >= 11 is 0. The molecule has 0 saturated heterocycles. The molecule has 1 aromatic carbocycles. The number of benzene rings is 1. The molecule has 0 bridgehead atoms. The van der Waals surface area contributed by atoms with E-state index in [2.05, 4.69) is 15.0 Å². The Labute approximate surface area is 127 Å². The highest BCUT2D eigenvalue weighted by Gasteiger charge is 2.10.